The molecule has 0 spiro atoms. The molecule has 1 aromatic rings. The number of carbonyl (C=O) groups excluding carboxylic acids is 1. The average Bonchev–Trinajstić information content (AvgIpc) is 2.31. The molecule has 0 radical (unpaired) electrons. The first kappa shape index (κ1) is 15.7. The summed E-state index contributed by atoms with van der Waals surface area (Å²) in [4.78, 5) is 11.5. The molecule has 0 saturated carbocycles. The molecule has 0 unspecified atom stereocenters. The molecule has 1 N–H and O–H groups in total. The highest BCUT2D eigenvalue weighted by atomic mass is 16.1. The van der Waals surface area contributed by atoms with Crippen LogP contribution in [0.2, 0.25) is 0 Å². The van der Waals surface area contributed by atoms with Gasteiger partial charge in [-0.2, -0.15) is 0 Å². The molecule has 0 aliphatic carbocycles. The smallest absolute Gasteiger partial charge is 0.251 e. The van der Waals surface area contributed by atoms with Gasteiger partial charge in [0.2, 0.25) is 0 Å². The fraction of sp³-hybridized carbons (Fsp3) is 0.533. The molecule has 17 heavy (non-hydrogen) atoms. The monoisotopic (exact) mass is 235 g/mol. The number of amides is 1. The molecule has 0 saturated heterocycles. The van der Waals surface area contributed by atoms with Gasteiger partial charge in [0.25, 0.3) is 5.91 Å². The van der Waals surface area contributed by atoms with Crippen LogP contribution in [-0.2, 0) is 0 Å². The number of aryl methyl sites for hydroxylation is 1. The molecule has 0 aliphatic rings. The second-order valence-electron chi connectivity index (χ2n) is 4.18. The summed E-state index contributed by atoms with van der Waals surface area (Å²) in [5.41, 5.74) is 1.92. The zero-order valence-electron chi connectivity index (χ0n) is 11.5. The highest BCUT2D eigenvalue weighted by molar-refractivity contribution is 5.94. The summed E-state index contributed by atoms with van der Waals surface area (Å²) in [7, 11) is 0. The van der Waals surface area contributed by atoms with Gasteiger partial charge in [-0.15, -0.1) is 0 Å². The van der Waals surface area contributed by atoms with Gasteiger partial charge in [-0.05, 0) is 25.5 Å². The molecule has 0 aliphatic heterocycles. The summed E-state index contributed by atoms with van der Waals surface area (Å²) in [5, 5.41) is 2.88. The van der Waals surface area contributed by atoms with Crippen LogP contribution < -0.4 is 5.32 Å². The van der Waals surface area contributed by atoms with Crippen molar-refractivity contribution in [1.29, 1.82) is 0 Å². The molecule has 0 heterocycles. The van der Waals surface area contributed by atoms with Crippen molar-refractivity contribution < 1.29 is 4.79 Å². The van der Waals surface area contributed by atoms with Gasteiger partial charge >= 0.3 is 0 Å². The van der Waals surface area contributed by atoms with Crippen LogP contribution in [0.15, 0.2) is 24.3 Å². The Morgan fingerprint density at radius 3 is 2.12 bits per heavy atom. The number of rotatable bonds is 4. The van der Waals surface area contributed by atoms with E-state index in [1.807, 2.05) is 31.2 Å². The Bertz CT molecular complexity index is 303. The Hall–Kier alpha value is -1.31. The van der Waals surface area contributed by atoms with Gasteiger partial charge in [0.15, 0.2) is 0 Å². The summed E-state index contributed by atoms with van der Waals surface area (Å²) >= 11 is 0. The SMILES string of the molecule is CCC.CCCCNC(=O)c1ccc(C)cc1. The second kappa shape index (κ2) is 9.88. The molecule has 0 atom stereocenters. The van der Waals surface area contributed by atoms with Crippen LogP contribution in [0, 0.1) is 6.92 Å². The predicted molar refractivity (Wildman–Crippen MR) is 74.4 cm³/mol. The number of nitrogens with one attached hydrogen (secondary N) is 1. The molecule has 1 aromatic carbocycles. The van der Waals surface area contributed by atoms with Gasteiger partial charge in [0.1, 0.15) is 0 Å². The topological polar surface area (TPSA) is 29.1 Å². The van der Waals surface area contributed by atoms with Crippen LogP contribution >= 0.6 is 0 Å². The minimum atomic E-state index is 0.0263. The molecule has 1 rings (SSSR count). The summed E-state index contributed by atoms with van der Waals surface area (Å²) in [5.74, 6) is 0.0263. The van der Waals surface area contributed by atoms with E-state index in [1.165, 1.54) is 12.0 Å². The summed E-state index contributed by atoms with van der Waals surface area (Å²) < 4.78 is 0. The van der Waals surface area contributed by atoms with E-state index in [-0.39, 0.29) is 5.91 Å². The third-order valence-corrected chi connectivity index (χ3v) is 2.13. The molecule has 1 amide bonds. The predicted octanol–water partition coefficient (Wildman–Crippen LogP) is 3.94. The summed E-state index contributed by atoms with van der Waals surface area (Å²) in [6.07, 6.45) is 3.39. The van der Waals surface area contributed by atoms with Gasteiger partial charge in [-0.1, -0.05) is 51.3 Å². The Morgan fingerprint density at radius 2 is 1.65 bits per heavy atom. The van der Waals surface area contributed by atoms with Crippen LogP contribution in [-0.4, -0.2) is 12.5 Å². The van der Waals surface area contributed by atoms with Crippen molar-refractivity contribution in [3.8, 4) is 0 Å². The van der Waals surface area contributed by atoms with E-state index < -0.39 is 0 Å². The van der Waals surface area contributed by atoms with Crippen LogP contribution in [0.3, 0.4) is 0 Å². The van der Waals surface area contributed by atoms with Gasteiger partial charge in [0.05, 0.1) is 0 Å². The van der Waals surface area contributed by atoms with E-state index in [4.69, 9.17) is 0 Å². The maximum Gasteiger partial charge on any atom is 0.251 e. The van der Waals surface area contributed by atoms with Crippen molar-refractivity contribution in [2.75, 3.05) is 6.54 Å². The quantitative estimate of drug-likeness (QED) is 0.787. The van der Waals surface area contributed by atoms with Gasteiger partial charge < -0.3 is 5.32 Å². The lowest BCUT2D eigenvalue weighted by molar-refractivity contribution is 0.0953. The Balaban J connectivity index is 0.000000770. The maximum atomic E-state index is 11.5. The molecule has 2 nitrogen and oxygen atoms in total. The highest BCUT2D eigenvalue weighted by Gasteiger charge is 2.02. The van der Waals surface area contributed by atoms with Crippen molar-refractivity contribution in [2.24, 2.45) is 0 Å². The average molecular weight is 235 g/mol. The van der Waals surface area contributed by atoms with E-state index in [2.05, 4.69) is 26.1 Å². The third kappa shape index (κ3) is 7.56. The molecular weight excluding hydrogens is 210 g/mol. The number of carbonyl (C=O) groups is 1. The van der Waals surface area contributed by atoms with Crippen molar-refractivity contribution in [3.63, 3.8) is 0 Å². The van der Waals surface area contributed by atoms with E-state index in [0.29, 0.717) is 0 Å². The number of benzene rings is 1. The normalized spacial score (nSPS) is 9.18. The lowest BCUT2D eigenvalue weighted by Gasteiger charge is -2.03. The van der Waals surface area contributed by atoms with Crippen LogP contribution in [0.1, 0.15) is 56.0 Å². The Morgan fingerprint density at radius 1 is 1.12 bits per heavy atom. The van der Waals surface area contributed by atoms with Crippen molar-refractivity contribution in [2.45, 2.75) is 47.0 Å². The zero-order chi connectivity index (χ0) is 13.1. The van der Waals surface area contributed by atoms with Gasteiger partial charge in [0, 0.05) is 12.1 Å². The standard InChI is InChI=1S/C12H17NO.C3H8/c1-3-4-9-13-12(14)11-7-5-10(2)6-8-11;1-3-2/h5-8H,3-4,9H2,1-2H3,(H,13,14);3H2,1-2H3. The Kier molecular flexibility index (Phi) is 9.12. The first-order chi connectivity index (χ1) is 8.15. The van der Waals surface area contributed by atoms with Crippen molar-refractivity contribution in [3.05, 3.63) is 35.4 Å². The van der Waals surface area contributed by atoms with Crippen LogP contribution in [0.5, 0.6) is 0 Å². The number of hydrogen-bond donors (Lipinski definition) is 1. The maximum absolute atomic E-state index is 11.5. The van der Waals surface area contributed by atoms with E-state index in [1.54, 1.807) is 0 Å². The fourth-order valence-corrected chi connectivity index (χ4v) is 1.19. The molecule has 0 aromatic heterocycles. The van der Waals surface area contributed by atoms with Crippen LogP contribution in [0.4, 0.5) is 0 Å². The Labute approximate surface area is 105 Å². The fourth-order valence-electron chi connectivity index (χ4n) is 1.19. The first-order valence-electron chi connectivity index (χ1n) is 6.50. The molecular formula is C15H25NO. The highest BCUT2D eigenvalue weighted by Crippen LogP contribution is 2.02. The van der Waals surface area contributed by atoms with Gasteiger partial charge in [-0.3, -0.25) is 4.79 Å². The second-order valence-corrected chi connectivity index (χ2v) is 4.18. The first-order valence-corrected chi connectivity index (χ1v) is 6.50. The molecule has 96 valence electrons. The summed E-state index contributed by atoms with van der Waals surface area (Å²) in [6.45, 7) is 9.14. The zero-order valence-corrected chi connectivity index (χ0v) is 11.5. The lowest BCUT2D eigenvalue weighted by Crippen LogP contribution is -2.24. The van der Waals surface area contributed by atoms with E-state index in [0.717, 1.165) is 24.9 Å². The van der Waals surface area contributed by atoms with Crippen LogP contribution in [0.25, 0.3) is 0 Å². The van der Waals surface area contributed by atoms with Crippen molar-refractivity contribution in [1.82, 2.24) is 5.32 Å². The minimum absolute atomic E-state index is 0.0263. The van der Waals surface area contributed by atoms with Crippen molar-refractivity contribution >= 4 is 5.91 Å². The molecule has 0 bridgehead atoms. The largest absolute Gasteiger partial charge is 0.352 e. The minimum Gasteiger partial charge on any atom is -0.352 e. The molecule has 2 heteroatoms. The lowest BCUT2D eigenvalue weighted by atomic mass is 10.1. The number of unbranched alkanes of at least 4 members (excludes halogenated alkanes) is 1. The van der Waals surface area contributed by atoms with E-state index >= 15 is 0 Å². The van der Waals surface area contributed by atoms with Gasteiger partial charge in [-0.25, -0.2) is 0 Å². The third-order valence-electron chi connectivity index (χ3n) is 2.13. The summed E-state index contributed by atoms with van der Waals surface area (Å²) in [6, 6.07) is 7.62. The van der Waals surface area contributed by atoms with E-state index in [9.17, 15) is 4.79 Å². The number of hydrogen-bond acceptors (Lipinski definition) is 1. The molecule has 0 fully saturated rings.